The van der Waals surface area contributed by atoms with Gasteiger partial charge in [-0.3, -0.25) is 14.3 Å². The lowest BCUT2D eigenvalue weighted by Crippen LogP contribution is -2.31. The van der Waals surface area contributed by atoms with Crippen molar-refractivity contribution in [2.75, 3.05) is 25.8 Å². The molecule has 0 radical (unpaired) electrons. The number of thiophene rings is 1. The van der Waals surface area contributed by atoms with Gasteiger partial charge in [-0.1, -0.05) is 24.2 Å². The number of amides is 1. The zero-order chi connectivity index (χ0) is 22.1. The number of benzene rings is 2. The minimum atomic E-state index is -3.92. The number of fused-ring (bicyclic) bond motifs is 1. The minimum Gasteiger partial charge on any atom is -0.493 e. The second-order valence-electron chi connectivity index (χ2n) is 6.58. The normalized spacial score (nSPS) is 14.0. The van der Waals surface area contributed by atoms with Gasteiger partial charge in [-0.05, 0) is 46.7 Å². The van der Waals surface area contributed by atoms with Gasteiger partial charge in [0.2, 0.25) is 13.3 Å². The third-order valence-corrected chi connectivity index (χ3v) is 7.31. The van der Waals surface area contributed by atoms with E-state index in [2.05, 4.69) is 6.58 Å². The molecule has 9 heteroatoms. The van der Waals surface area contributed by atoms with E-state index in [0.717, 1.165) is 4.70 Å². The molecule has 3 aromatic rings. The molecule has 0 fully saturated rings. The fourth-order valence-electron chi connectivity index (χ4n) is 3.33. The fraction of sp³-hybridized carbons (Fsp3) is 0.190. The van der Waals surface area contributed by atoms with Crippen LogP contribution in [0.15, 0.2) is 54.6 Å². The molecule has 1 heterocycles. The molecule has 1 N–H and O–H groups in total. The van der Waals surface area contributed by atoms with Gasteiger partial charge in [0.05, 0.1) is 19.9 Å². The smallest absolute Gasteiger partial charge is 0.248 e. The summed E-state index contributed by atoms with van der Waals surface area (Å²) in [6.45, 7) is 4.90. The number of ether oxygens (including phenoxy) is 2. The third kappa shape index (κ3) is 4.12. The second-order valence-corrected chi connectivity index (χ2v) is 10.3. The highest BCUT2D eigenvalue weighted by atomic mass is 35.5. The van der Waals surface area contributed by atoms with E-state index in [1.807, 2.05) is 6.07 Å². The molecule has 30 heavy (non-hydrogen) atoms. The van der Waals surface area contributed by atoms with Crippen LogP contribution >= 0.6 is 30.3 Å². The van der Waals surface area contributed by atoms with Crippen molar-refractivity contribution in [2.45, 2.75) is 5.66 Å². The molecular weight excluding hydrogens is 445 g/mol. The number of carbonyl (C=O) groups is 1. The maximum atomic E-state index is 13.6. The molecule has 0 bridgehead atoms. The first-order chi connectivity index (χ1) is 14.2. The molecule has 0 aliphatic carbocycles. The van der Waals surface area contributed by atoms with Gasteiger partial charge < -0.3 is 14.4 Å². The highest BCUT2D eigenvalue weighted by molar-refractivity contribution is 7.58. The number of carbonyl (C=O) groups excluding carboxylic acids is 1. The van der Waals surface area contributed by atoms with Crippen LogP contribution in [0.1, 0.15) is 11.2 Å². The summed E-state index contributed by atoms with van der Waals surface area (Å²) in [7, 11) is -0.978. The Morgan fingerprint density at radius 2 is 2.03 bits per heavy atom. The van der Waals surface area contributed by atoms with Crippen molar-refractivity contribution in [3.63, 3.8) is 0 Å². The van der Waals surface area contributed by atoms with Gasteiger partial charge in [-0.25, -0.2) is 0 Å². The lowest BCUT2D eigenvalue weighted by molar-refractivity contribution is -0.117. The minimum absolute atomic E-state index is 0.314. The maximum absolute atomic E-state index is 13.6. The molecule has 2 unspecified atom stereocenters. The molecule has 0 spiro atoms. The van der Waals surface area contributed by atoms with Crippen molar-refractivity contribution in [3.05, 3.63) is 65.1 Å². The van der Waals surface area contributed by atoms with E-state index in [1.54, 1.807) is 35.7 Å². The van der Waals surface area contributed by atoms with Crippen LogP contribution in [-0.4, -0.2) is 31.7 Å². The van der Waals surface area contributed by atoms with E-state index in [9.17, 15) is 14.3 Å². The number of hydrogen-bond donors (Lipinski definition) is 1. The quantitative estimate of drug-likeness (QED) is 0.453. The van der Waals surface area contributed by atoms with E-state index in [1.165, 1.54) is 43.3 Å². The van der Waals surface area contributed by atoms with Crippen LogP contribution < -0.4 is 14.4 Å². The summed E-state index contributed by atoms with van der Waals surface area (Å²) in [5.41, 5.74) is -0.504. The summed E-state index contributed by atoms with van der Waals surface area (Å²) in [5, 5.41) is 2.87. The Hall–Kier alpha value is -2.31. The molecule has 3 rings (SSSR count). The van der Waals surface area contributed by atoms with Gasteiger partial charge in [0.1, 0.15) is 5.66 Å². The first-order valence-corrected chi connectivity index (χ1v) is 12.3. The standard InChI is InChI=1S/C21H21ClNO5PS/c1-5-23(16-7-6-8-17(27-2)19(16)28-3)21(24)20(29(4,25)26)15-12-30-18-10-9-13(22)11-14(15)18/h5-12,20H,1H2,2-4H3,(H,25,26). The van der Waals surface area contributed by atoms with Gasteiger partial charge in [0.25, 0.3) is 0 Å². The molecule has 0 saturated carbocycles. The Kier molecular flexibility index (Phi) is 6.58. The number of para-hydroxylation sites is 1. The number of halogens is 1. The van der Waals surface area contributed by atoms with Crippen molar-refractivity contribution >= 4 is 52.0 Å². The summed E-state index contributed by atoms with van der Waals surface area (Å²) in [6.07, 6.45) is 1.30. The van der Waals surface area contributed by atoms with E-state index in [4.69, 9.17) is 21.1 Å². The second kappa shape index (κ2) is 8.82. The van der Waals surface area contributed by atoms with Crippen molar-refractivity contribution in [1.29, 1.82) is 0 Å². The SMILES string of the molecule is C=CN(C(=O)C(c1csc2ccc(Cl)cc12)P(C)(=O)O)c1cccc(OC)c1OC. The molecule has 1 aromatic heterocycles. The highest BCUT2D eigenvalue weighted by Crippen LogP contribution is 2.56. The lowest BCUT2D eigenvalue weighted by atomic mass is 10.1. The van der Waals surface area contributed by atoms with E-state index in [0.29, 0.717) is 33.2 Å². The van der Waals surface area contributed by atoms with Crippen LogP contribution in [0.2, 0.25) is 5.02 Å². The van der Waals surface area contributed by atoms with Gasteiger partial charge in [0.15, 0.2) is 11.5 Å². The van der Waals surface area contributed by atoms with Crippen molar-refractivity contribution in [3.8, 4) is 11.5 Å². The zero-order valence-electron chi connectivity index (χ0n) is 16.7. The Bertz CT molecular complexity index is 1160. The van der Waals surface area contributed by atoms with Crippen LogP contribution in [0.25, 0.3) is 10.1 Å². The summed E-state index contributed by atoms with van der Waals surface area (Å²) in [4.78, 5) is 25.4. The van der Waals surface area contributed by atoms with Gasteiger partial charge in [-0.15, -0.1) is 11.3 Å². The lowest BCUT2D eigenvalue weighted by Gasteiger charge is -2.27. The number of hydrogen-bond acceptors (Lipinski definition) is 5. The molecule has 0 aliphatic heterocycles. The van der Waals surface area contributed by atoms with Crippen molar-refractivity contribution < 1.29 is 23.7 Å². The Morgan fingerprint density at radius 3 is 2.63 bits per heavy atom. The van der Waals surface area contributed by atoms with Crippen LogP contribution in [-0.2, 0) is 9.36 Å². The summed E-state index contributed by atoms with van der Waals surface area (Å²) in [6, 6.07) is 10.3. The highest BCUT2D eigenvalue weighted by Gasteiger charge is 2.39. The van der Waals surface area contributed by atoms with Gasteiger partial charge >= 0.3 is 0 Å². The van der Waals surface area contributed by atoms with Crippen LogP contribution in [0.3, 0.4) is 0 Å². The van der Waals surface area contributed by atoms with Gasteiger partial charge in [0, 0.05) is 22.6 Å². The monoisotopic (exact) mass is 465 g/mol. The maximum Gasteiger partial charge on any atom is 0.248 e. The molecule has 6 nitrogen and oxygen atoms in total. The Morgan fingerprint density at radius 1 is 1.30 bits per heavy atom. The summed E-state index contributed by atoms with van der Waals surface area (Å²) in [5.74, 6) is 0.126. The predicted octanol–water partition coefficient (Wildman–Crippen LogP) is 5.69. The topological polar surface area (TPSA) is 76.1 Å². The number of methoxy groups -OCH3 is 2. The van der Waals surface area contributed by atoms with Crippen LogP contribution in [0, 0.1) is 0 Å². The van der Waals surface area contributed by atoms with Crippen molar-refractivity contribution in [2.24, 2.45) is 0 Å². The Labute approximate surface area is 183 Å². The van der Waals surface area contributed by atoms with Crippen LogP contribution in [0.4, 0.5) is 5.69 Å². The summed E-state index contributed by atoms with van der Waals surface area (Å²) < 4.78 is 24.5. The van der Waals surface area contributed by atoms with E-state index in [-0.39, 0.29) is 0 Å². The molecule has 0 aliphatic rings. The average molecular weight is 466 g/mol. The molecule has 158 valence electrons. The number of rotatable bonds is 7. The molecule has 0 saturated heterocycles. The average Bonchev–Trinajstić information content (AvgIpc) is 3.09. The van der Waals surface area contributed by atoms with E-state index < -0.39 is 18.9 Å². The molecule has 2 aromatic carbocycles. The first-order valence-electron chi connectivity index (χ1n) is 8.86. The molecular formula is C21H21ClNO5PS. The van der Waals surface area contributed by atoms with Crippen molar-refractivity contribution in [1.82, 2.24) is 0 Å². The fourth-order valence-corrected chi connectivity index (χ4v) is 5.83. The predicted molar refractivity (Wildman–Crippen MR) is 123 cm³/mol. The molecule has 2 atom stereocenters. The summed E-state index contributed by atoms with van der Waals surface area (Å²) >= 11 is 7.52. The number of anilines is 1. The largest absolute Gasteiger partial charge is 0.493 e. The van der Waals surface area contributed by atoms with Crippen LogP contribution in [0.5, 0.6) is 11.5 Å². The first kappa shape index (κ1) is 22.4. The number of nitrogens with zero attached hydrogens (tertiary/aromatic N) is 1. The van der Waals surface area contributed by atoms with Gasteiger partial charge in [-0.2, -0.15) is 0 Å². The van der Waals surface area contributed by atoms with E-state index >= 15 is 0 Å². The third-order valence-electron chi connectivity index (χ3n) is 4.63. The zero-order valence-corrected chi connectivity index (χ0v) is 19.1. The Balaban J connectivity index is 2.18. The molecule has 1 amide bonds.